The van der Waals surface area contributed by atoms with E-state index in [1.54, 1.807) is 6.20 Å². The Morgan fingerprint density at radius 3 is 2.90 bits per heavy atom. The van der Waals surface area contributed by atoms with Gasteiger partial charge in [-0.05, 0) is 24.6 Å². The predicted octanol–water partition coefficient (Wildman–Crippen LogP) is 2.22. The van der Waals surface area contributed by atoms with E-state index in [4.69, 9.17) is 0 Å². The van der Waals surface area contributed by atoms with Crippen molar-refractivity contribution in [2.75, 3.05) is 16.8 Å². The molecule has 1 aromatic carbocycles. The number of para-hydroxylation sites is 2. The largest absolute Gasteiger partial charge is 0.378 e. The van der Waals surface area contributed by atoms with Gasteiger partial charge in [0.05, 0.1) is 23.6 Å². The van der Waals surface area contributed by atoms with Crippen LogP contribution in [-0.2, 0) is 11.3 Å². The molecule has 3 rings (SSSR count). The van der Waals surface area contributed by atoms with Crippen molar-refractivity contribution >= 4 is 17.3 Å². The number of aromatic nitrogens is 2. The molecule has 0 saturated carbocycles. The Hall–Kier alpha value is -2.43. The number of amides is 1. The zero-order valence-electron chi connectivity index (χ0n) is 11.1. The molecule has 1 amide bonds. The Morgan fingerprint density at radius 2 is 2.15 bits per heavy atom. The zero-order chi connectivity index (χ0) is 13.8. The van der Waals surface area contributed by atoms with E-state index in [-0.39, 0.29) is 5.91 Å². The third kappa shape index (κ3) is 2.61. The van der Waals surface area contributed by atoms with Crippen LogP contribution in [0.5, 0.6) is 0 Å². The van der Waals surface area contributed by atoms with Crippen molar-refractivity contribution in [3.63, 3.8) is 0 Å². The summed E-state index contributed by atoms with van der Waals surface area (Å²) in [6, 6.07) is 9.76. The van der Waals surface area contributed by atoms with E-state index in [9.17, 15) is 4.79 Å². The van der Waals surface area contributed by atoms with E-state index in [2.05, 4.69) is 15.3 Å². The molecule has 1 aliphatic heterocycles. The van der Waals surface area contributed by atoms with Gasteiger partial charge in [-0.2, -0.15) is 0 Å². The first-order valence-electron chi connectivity index (χ1n) is 6.73. The number of nitrogens with one attached hydrogen (secondary N) is 1. The molecular formula is C15H16N4O. The molecular weight excluding hydrogens is 252 g/mol. The van der Waals surface area contributed by atoms with Crippen LogP contribution in [-0.4, -0.2) is 22.4 Å². The molecule has 2 heterocycles. The molecule has 5 nitrogen and oxygen atoms in total. The van der Waals surface area contributed by atoms with Crippen LogP contribution in [0.2, 0.25) is 0 Å². The van der Waals surface area contributed by atoms with E-state index in [0.717, 1.165) is 30.0 Å². The molecule has 0 atom stereocenters. The van der Waals surface area contributed by atoms with Gasteiger partial charge >= 0.3 is 0 Å². The van der Waals surface area contributed by atoms with Crippen LogP contribution in [0.15, 0.2) is 42.9 Å². The van der Waals surface area contributed by atoms with Crippen molar-refractivity contribution in [3.8, 4) is 0 Å². The Morgan fingerprint density at radius 1 is 1.25 bits per heavy atom. The summed E-state index contributed by atoms with van der Waals surface area (Å²) < 4.78 is 0. The number of rotatable bonds is 4. The molecule has 0 bridgehead atoms. The van der Waals surface area contributed by atoms with Crippen LogP contribution < -0.4 is 10.2 Å². The van der Waals surface area contributed by atoms with E-state index >= 15 is 0 Å². The molecule has 0 radical (unpaired) electrons. The maximum atomic E-state index is 11.9. The number of carbonyl (C=O) groups excluding carboxylic acids is 1. The minimum Gasteiger partial charge on any atom is -0.378 e. The second-order valence-corrected chi connectivity index (χ2v) is 4.72. The van der Waals surface area contributed by atoms with Crippen molar-refractivity contribution < 1.29 is 4.79 Å². The van der Waals surface area contributed by atoms with Gasteiger partial charge in [0.1, 0.15) is 6.33 Å². The summed E-state index contributed by atoms with van der Waals surface area (Å²) in [4.78, 5) is 21.8. The first-order valence-corrected chi connectivity index (χ1v) is 6.73. The van der Waals surface area contributed by atoms with Crippen molar-refractivity contribution in [1.29, 1.82) is 0 Å². The third-order valence-corrected chi connectivity index (χ3v) is 3.37. The molecule has 0 aliphatic carbocycles. The lowest BCUT2D eigenvalue weighted by atomic mass is 10.2. The minimum absolute atomic E-state index is 0.196. The Balaban J connectivity index is 1.78. The van der Waals surface area contributed by atoms with Crippen molar-refractivity contribution in [3.05, 3.63) is 48.5 Å². The van der Waals surface area contributed by atoms with Crippen LogP contribution in [0.25, 0.3) is 0 Å². The minimum atomic E-state index is 0.196. The molecule has 1 N–H and O–H groups in total. The van der Waals surface area contributed by atoms with E-state index in [0.29, 0.717) is 13.0 Å². The number of anilines is 2. The van der Waals surface area contributed by atoms with Crippen molar-refractivity contribution in [1.82, 2.24) is 9.97 Å². The third-order valence-electron chi connectivity index (χ3n) is 3.37. The summed E-state index contributed by atoms with van der Waals surface area (Å²) in [6.45, 7) is 1.41. The zero-order valence-corrected chi connectivity index (χ0v) is 11.1. The Labute approximate surface area is 117 Å². The summed E-state index contributed by atoms with van der Waals surface area (Å²) in [5, 5.41) is 3.34. The topological polar surface area (TPSA) is 58.1 Å². The van der Waals surface area contributed by atoms with Gasteiger partial charge in [-0.25, -0.2) is 9.97 Å². The fourth-order valence-electron chi connectivity index (χ4n) is 2.37. The monoisotopic (exact) mass is 268 g/mol. The van der Waals surface area contributed by atoms with Gasteiger partial charge < -0.3 is 10.2 Å². The first kappa shape index (κ1) is 12.6. The van der Waals surface area contributed by atoms with Gasteiger partial charge in [0, 0.05) is 19.2 Å². The summed E-state index contributed by atoms with van der Waals surface area (Å²) in [5.41, 5.74) is 2.83. The number of hydrogen-bond donors (Lipinski definition) is 1. The number of nitrogens with zero attached hydrogens (tertiary/aromatic N) is 3. The maximum Gasteiger partial charge on any atom is 0.227 e. The van der Waals surface area contributed by atoms with E-state index in [1.807, 2.05) is 35.2 Å². The first-order chi connectivity index (χ1) is 9.84. The smallest absolute Gasteiger partial charge is 0.227 e. The van der Waals surface area contributed by atoms with Crippen LogP contribution in [0.1, 0.15) is 18.5 Å². The van der Waals surface area contributed by atoms with Gasteiger partial charge in [0.2, 0.25) is 5.91 Å². The molecule has 1 aliphatic rings. The molecule has 1 aromatic heterocycles. The Bertz CT molecular complexity index is 600. The van der Waals surface area contributed by atoms with Gasteiger partial charge in [0.15, 0.2) is 0 Å². The van der Waals surface area contributed by atoms with Crippen LogP contribution >= 0.6 is 0 Å². The van der Waals surface area contributed by atoms with Crippen LogP contribution in [0, 0.1) is 0 Å². The molecule has 2 aromatic rings. The van der Waals surface area contributed by atoms with E-state index < -0.39 is 0 Å². The molecule has 20 heavy (non-hydrogen) atoms. The number of benzene rings is 1. The SMILES string of the molecule is O=C1CCCN1c1ccccc1NCc1ccncn1. The van der Waals surface area contributed by atoms with Crippen molar-refractivity contribution in [2.24, 2.45) is 0 Å². The summed E-state index contributed by atoms with van der Waals surface area (Å²) in [5.74, 6) is 0.196. The normalized spacial score (nSPS) is 14.6. The Kier molecular flexibility index (Phi) is 3.58. The van der Waals surface area contributed by atoms with Crippen LogP contribution in [0.3, 0.4) is 0 Å². The maximum absolute atomic E-state index is 11.9. The molecule has 0 unspecified atom stereocenters. The highest BCUT2D eigenvalue weighted by atomic mass is 16.2. The highest BCUT2D eigenvalue weighted by Gasteiger charge is 2.23. The van der Waals surface area contributed by atoms with Crippen LogP contribution in [0.4, 0.5) is 11.4 Å². The fraction of sp³-hybridized carbons (Fsp3) is 0.267. The predicted molar refractivity (Wildman–Crippen MR) is 77.4 cm³/mol. The standard InChI is InChI=1S/C15H16N4O/c20-15-6-3-9-19(15)14-5-2-1-4-13(14)17-10-12-7-8-16-11-18-12/h1-2,4-5,7-8,11,17H,3,6,9-10H2. The average Bonchev–Trinajstić information content (AvgIpc) is 2.92. The molecule has 5 heteroatoms. The molecule has 1 fully saturated rings. The number of hydrogen-bond acceptors (Lipinski definition) is 4. The summed E-state index contributed by atoms with van der Waals surface area (Å²) in [6.07, 6.45) is 4.83. The lowest BCUT2D eigenvalue weighted by molar-refractivity contribution is -0.117. The number of carbonyl (C=O) groups is 1. The van der Waals surface area contributed by atoms with E-state index in [1.165, 1.54) is 6.33 Å². The molecule has 0 spiro atoms. The quantitative estimate of drug-likeness (QED) is 0.923. The second kappa shape index (κ2) is 5.69. The van der Waals surface area contributed by atoms with Gasteiger partial charge in [0.25, 0.3) is 0 Å². The summed E-state index contributed by atoms with van der Waals surface area (Å²) in [7, 11) is 0. The van der Waals surface area contributed by atoms with Crippen molar-refractivity contribution in [2.45, 2.75) is 19.4 Å². The van der Waals surface area contributed by atoms with Gasteiger partial charge in [-0.3, -0.25) is 4.79 Å². The lowest BCUT2D eigenvalue weighted by Gasteiger charge is -2.20. The lowest BCUT2D eigenvalue weighted by Crippen LogP contribution is -2.24. The molecule has 1 saturated heterocycles. The average molecular weight is 268 g/mol. The fourth-order valence-corrected chi connectivity index (χ4v) is 2.37. The molecule has 102 valence electrons. The second-order valence-electron chi connectivity index (χ2n) is 4.72. The summed E-state index contributed by atoms with van der Waals surface area (Å²) >= 11 is 0. The highest BCUT2D eigenvalue weighted by Crippen LogP contribution is 2.29. The van der Waals surface area contributed by atoms with Gasteiger partial charge in [-0.15, -0.1) is 0 Å². The highest BCUT2D eigenvalue weighted by molar-refractivity contribution is 5.98. The van der Waals surface area contributed by atoms with Gasteiger partial charge in [-0.1, -0.05) is 12.1 Å².